The smallest absolute Gasteiger partial charge is 0.0499 e. The fourth-order valence-electron chi connectivity index (χ4n) is 1.18. The van der Waals surface area contributed by atoms with Crippen molar-refractivity contribution >= 4 is 0 Å². The Labute approximate surface area is 62.0 Å². The number of hydrogen-bond acceptors (Lipinski definition) is 2. The summed E-state index contributed by atoms with van der Waals surface area (Å²) in [6.45, 7) is 2.13. The second kappa shape index (κ2) is 2.88. The first kappa shape index (κ1) is 7.35. The number of hydrogen-bond donors (Lipinski definition) is 1. The van der Waals surface area contributed by atoms with Crippen molar-refractivity contribution < 1.29 is 0 Å². The van der Waals surface area contributed by atoms with Gasteiger partial charge in [-0.1, -0.05) is 6.08 Å². The monoisotopic (exact) mass is 138 g/mol. The summed E-state index contributed by atoms with van der Waals surface area (Å²) in [6.07, 6.45) is 6.54. The molecule has 0 unspecified atom stereocenters. The van der Waals surface area contributed by atoms with Gasteiger partial charge < -0.3 is 5.01 Å². The largest absolute Gasteiger partial charge is 0.314 e. The summed E-state index contributed by atoms with van der Waals surface area (Å²) in [5, 5.41) is 1.67. The summed E-state index contributed by atoms with van der Waals surface area (Å²) in [4.78, 5) is 0. The van der Waals surface area contributed by atoms with Crippen molar-refractivity contribution in [2.45, 2.75) is 19.8 Å². The highest BCUT2D eigenvalue weighted by Gasteiger charge is 2.04. The molecular formula is C8H14N2. The Kier molecular flexibility index (Phi) is 2.12. The SMILES string of the molecule is CC1=C(N(C)N)C=CCC1. The summed E-state index contributed by atoms with van der Waals surface area (Å²) in [6, 6.07) is 0. The minimum atomic E-state index is 1.15. The van der Waals surface area contributed by atoms with Crippen molar-refractivity contribution in [3.8, 4) is 0 Å². The number of hydrazine groups is 1. The van der Waals surface area contributed by atoms with Crippen LogP contribution in [0.5, 0.6) is 0 Å². The van der Waals surface area contributed by atoms with Gasteiger partial charge in [0.25, 0.3) is 0 Å². The van der Waals surface area contributed by atoms with Crippen molar-refractivity contribution in [3.05, 3.63) is 23.4 Å². The summed E-state index contributed by atoms with van der Waals surface area (Å²) < 4.78 is 0. The first-order chi connectivity index (χ1) is 4.72. The van der Waals surface area contributed by atoms with Gasteiger partial charge in [-0.2, -0.15) is 0 Å². The van der Waals surface area contributed by atoms with E-state index in [-0.39, 0.29) is 0 Å². The van der Waals surface area contributed by atoms with Gasteiger partial charge in [0.15, 0.2) is 0 Å². The third-order valence-electron chi connectivity index (χ3n) is 1.78. The quantitative estimate of drug-likeness (QED) is 0.438. The standard InChI is InChI=1S/C8H14N2/c1-7-5-3-4-6-8(7)10(2)9/h4,6H,3,5,9H2,1-2H3. The molecule has 1 aliphatic rings. The van der Waals surface area contributed by atoms with Crippen LogP contribution in [0, 0.1) is 0 Å². The lowest BCUT2D eigenvalue weighted by molar-refractivity contribution is 0.445. The van der Waals surface area contributed by atoms with Crippen LogP contribution in [-0.2, 0) is 0 Å². The molecule has 0 aromatic rings. The molecule has 0 fully saturated rings. The first-order valence-corrected chi connectivity index (χ1v) is 3.56. The molecule has 2 N–H and O–H groups in total. The lowest BCUT2D eigenvalue weighted by Gasteiger charge is -2.19. The van der Waals surface area contributed by atoms with Gasteiger partial charge in [-0.05, 0) is 31.4 Å². The van der Waals surface area contributed by atoms with E-state index in [1.54, 1.807) is 5.01 Å². The van der Waals surface area contributed by atoms with Gasteiger partial charge in [0.2, 0.25) is 0 Å². The summed E-state index contributed by atoms with van der Waals surface area (Å²) in [5.74, 6) is 5.58. The Morgan fingerprint density at radius 3 is 2.70 bits per heavy atom. The summed E-state index contributed by atoms with van der Waals surface area (Å²) in [5.41, 5.74) is 2.54. The minimum Gasteiger partial charge on any atom is -0.314 e. The van der Waals surface area contributed by atoms with Gasteiger partial charge in [0.1, 0.15) is 0 Å². The minimum absolute atomic E-state index is 1.15. The second-order valence-corrected chi connectivity index (χ2v) is 2.72. The van der Waals surface area contributed by atoms with Crippen molar-refractivity contribution in [3.63, 3.8) is 0 Å². The molecule has 0 aromatic heterocycles. The van der Waals surface area contributed by atoms with Crippen LogP contribution in [0.15, 0.2) is 23.4 Å². The van der Waals surface area contributed by atoms with Crippen LogP contribution < -0.4 is 5.84 Å². The molecule has 2 nitrogen and oxygen atoms in total. The van der Waals surface area contributed by atoms with Crippen molar-refractivity contribution in [2.24, 2.45) is 5.84 Å². The number of allylic oxidation sites excluding steroid dienone is 3. The van der Waals surface area contributed by atoms with Gasteiger partial charge in [-0.25, -0.2) is 5.84 Å². The predicted molar refractivity (Wildman–Crippen MR) is 43.0 cm³/mol. The van der Waals surface area contributed by atoms with Crippen LogP contribution in [0.4, 0.5) is 0 Å². The Balaban J connectivity index is 2.79. The molecule has 0 saturated heterocycles. The maximum atomic E-state index is 5.58. The molecule has 0 amide bonds. The molecule has 0 spiro atoms. The molecule has 0 bridgehead atoms. The van der Waals surface area contributed by atoms with E-state index in [1.165, 1.54) is 5.57 Å². The van der Waals surface area contributed by atoms with Gasteiger partial charge in [-0.3, -0.25) is 0 Å². The molecule has 56 valence electrons. The molecule has 1 aliphatic carbocycles. The fourth-order valence-corrected chi connectivity index (χ4v) is 1.18. The highest BCUT2D eigenvalue weighted by molar-refractivity contribution is 5.26. The second-order valence-electron chi connectivity index (χ2n) is 2.72. The highest BCUT2D eigenvalue weighted by Crippen LogP contribution is 2.18. The average Bonchev–Trinajstić information content (AvgIpc) is 1.88. The molecule has 0 aromatic carbocycles. The van der Waals surface area contributed by atoms with Crippen LogP contribution in [0.3, 0.4) is 0 Å². The highest BCUT2D eigenvalue weighted by atomic mass is 15.4. The molecule has 2 heteroatoms. The topological polar surface area (TPSA) is 29.3 Å². The Bertz CT molecular complexity index is 178. The Hall–Kier alpha value is -0.760. The zero-order chi connectivity index (χ0) is 7.56. The normalized spacial score (nSPS) is 17.9. The van der Waals surface area contributed by atoms with Crippen molar-refractivity contribution in [2.75, 3.05) is 7.05 Å². The van der Waals surface area contributed by atoms with E-state index >= 15 is 0 Å². The van der Waals surface area contributed by atoms with E-state index in [1.807, 2.05) is 7.05 Å². The van der Waals surface area contributed by atoms with E-state index in [2.05, 4.69) is 19.1 Å². The van der Waals surface area contributed by atoms with Crippen LogP contribution in [0.2, 0.25) is 0 Å². The molecule has 0 saturated carbocycles. The van der Waals surface area contributed by atoms with E-state index in [9.17, 15) is 0 Å². The molecule has 0 radical (unpaired) electrons. The number of nitrogens with zero attached hydrogens (tertiary/aromatic N) is 1. The Morgan fingerprint density at radius 2 is 2.30 bits per heavy atom. The van der Waals surface area contributed by atoms with Crippen LogP contribution >= 0.6 is 0 Å². The van der Waals surface area contributed by atoms with E-state index in [0.717, 1.165) is 18.5 Å². The predicted octanol–water partition coefficient (Wildman–Crippen LogP) is 1.42. The maximum Gasteiger partial charge on any atom is 0.0499 e. The maximum absolute atomic E-state index is 5.58. The summed E-state index contributed by atoms with van der Waals surface area (Å²) in [7, 11) is 1.87. The zero-order valence-corrected chi connectivity index (χ0v) is 6.59. The fraction of sp³-hybridized carbons (Fsp3) is 0.500. The molecule has 10 heavy (non-hydrogen) atoms. The van der Waals surface area contributed by atoms with Gasteiger partial charge in [-0.15, -0.1) is 0 Å². The third kappa shape index (κ3) is 1.39. The molecule has 1 rings (SSSR count). The van der Waals surface area contributed by atoms with Crippen LogP contribution in [-0.4, -0.2) is 12.1 Å². The van der Waals surface area contributed by atoms with Gasteiger partial charge in [0.05, 0.1) is 0 Å². The first-order valence-electron chi connectivity index (χ1n) is 3.56. The average molecular weight is 138 g/mol. The van der Waals surface area contributed by atoms with Gasteiger partial charge >= 0.3 is 0 Å². The van der Waals surface area contributed by atoms with Gasteiger partial charge in [0, 0.05) is 12.7 Å². The molecule has 0 aliphatic heterocycles. The van der Waals surface area contributed by atoms with Crippen LogP contribution in [0.25, 0.3) is 0 Å². The lowest BCUT2D eigenvalue weighted by atomic mass is 10.0. The van der Waals surface area contributed by atoms with E-state index < -0.39 is 0 Å². The van der Waals surface area contributed by atoms with E-state index in [4.69, 9.17) is 5.84 Å². The summed E-state index contributed by atoms with van der Waals surface area (Å²) >= 11 is 0. The van der Waals surface area contributed by atoms with Crippen molar-refractivity contribution in [1.82, 2.24) is 5.01 Å². The third-order valence-corrected chi connectivity index (χ3v) is 1.78. The molecule has 0 atom stereocenters. The van der Waals surface area contributed by atoms with Crippen molar-refractivity contribution in [1.29, 1.82) is 0 Å². The number of likely N-dealkylation sites (N-methyl/N-ethyl adjacent to an activating group) is 1. The molecular weight excluding hydrogens is 124 g/mol. The Morgan fingerprint density at radius 1 is 1.60 bits per heavy atom. The van der Waals surface area contributed by atoms with Crippen LogP contribution in [0.1, 0.15) is 19.8 Å². The zero-order valence-electron chi connectivity index (χ0n) is 6.59. The number of rotatable bonds is 1. The van der Waals surface area contributed by atoms with E-state index in [0.29, 0.717) is 0 Å². The number of nitrogens with two attached hydrogens (primary N) is 1. The molecule has 0 heterocycles. The lowest BCUT2D eigenvalue weighted by Crippen LogP contribution is -2.25.